The van der Waals surface area contributed by atoms with E-state index in [1.165, 1.54) is 5.56 Å². The van der Waals surface area contributed by atoms with Crippen LogP contribution >= 0.6 is 0 Å². The molecule has 0 spiro atoms. The minimum absolute atomic E-state index is 0.000467. The predicted octanol–water partition coefficient (Wildman–Crippen LogP) is 3.62. The van der Waals surface area contributed by atoms with Crippen molar-refractivity contribution < 1.29 is 14.3 Å². The number of likely N-dealkylation sites (tertiary alicyclic amines) is 1. The van der Waals surface area contributed by atoms with Gasteiger partial charge in [-0.25, -0.2) is 4.79 Å². The van der Waals surface area contributed by atoms with E-state index in [9.17, 15) is 9.59 Å². The molecule has 2 N–H and O–H groups in total. The van der Waals surface area contributed by atoms with E-state index in [4.69, 9.17) is 4.74 Å². The fourth-order valence-corrected chi connectivity index (χ4v) is 3.26. The third kappa shape index (κ3) is 6.54. The molecule has 1 unspecified atom stereocenters. The van der Waals surface area contributed by atoms with Crippen molar-refractivity contribution in [3.05, 3.63) is 29.3 Å². The van der Waals surface area contributed by atoms with Crippen LogP contribution in [0, 0.1) is 13.8 Å². The molecule has 1 aliphatic heterocycles. The molecule has 0 saturated carbocycles. The van der Waals surface area contributed by atoms with Crippen molar-refractivity contribution >= 4 is 17.7 Å². The first-order valence-corrected chi connectivity index (χ1v) is 9.67. The molecule has 150 valence electrons. The van der Waals surface area contributed by atoms with Gasteiger partial charge in [0.1, 0.15) is 5.60 Å². The van der Waals surface area contributed by atoms with Gasteiger partial charge < -0.3 is 15.4 Å². The fourth-order valence-electron chi connectivity index (χ4n) is 3.26. The predicted molar refractivity (Wildman–Crippen MR) is 108 cm³/mol. The maximum absolute atomic E-state index is 12.6. The van der Waals surface area contributed by atoms with Crippen LogP contribution in [0.5, 0.6) is 0 Å². The number of hydrogen-bond acceptors (Lipinski definition) is 4. The van der Waals surface area contributed by atoms with Crippen LogP contribution in [-0.4, -0.2) is 47.7 Å². The van der Waals surface area contributed by atoms with Gasteiger partial charge in [-0.2, -0.15) is 0 Å². The SMILES string of the molecule is Cc1ccc(NC(=O)C(C)N2CCC(NC(=O)OC(C)(C)C)CC2)c(C)c1. The van der Waals surface area contributed by atoms with Gasteiger partial charge in [0.15, 0.2) is 0 Å². The number of carbonyl (C=O) groups excluding carboxylic acids is 2. The van der Waals surface area contributed by atoms with Gasteiger partial charge >= 0.3 is 6.09 Å². The summed E-state index contributed by atoms with van der Waals surface area (Å²) in [6.07, 6.45) is 1.24. The molecule has 0 aliphatic carbocycles. The Morgan fingerprint density at radius 3 is 2.37 bits per heavy atom. The zero-order chi connectivity index (χ0) is 20.2. The van der Waals surface area contributed by atoms with Gasteiger partial charge in [-0.1, -0.05) is 17.7 Å². The van der Waals surface area contributed by atoms with Crippen LogP contribution in [0.15, 0.2) is 18.2 Å². The van der Waals surface area contributed by atoms with Crippen LogP contribution in [0.3, 0.4) is 0 Å². The number of aryl methyl sites for hydroxylation is 2. The normalized spacial score (nSPS) is 17.3. The molecule has 1 aromatic rings. The quantitative estimate of drug-likeness (QED) is 0.843. The monoisotopic (exact) mass is 375 g/mol. The number of ether oxygens (including phenoxy) is 1. The zero-order valence-electron chi connectivity index (χ0n) is 17.4. The average molecular weight is 376 g/mol. The molecule has 1 heterocycles. The number of hydrogen-bond donors (Lipinski definition) is 2. The third-order valence-corrected chi connectivity index (χ3v) is 4.82. The third-order valence-electron chi connectivity index (χ3n) is 4.82. The maximum Gasteiger partial charge on any atom is 0.407 e. The number of amides is 2. The Labute approximate surface area is 162 Å². The highest BCUT2D eigenvalue weighted by molar-refractivity contribution is 5.95. The Balaban J connectivity index is 1.82. The fraction of sp³-hybridized carbons (Fsp3) is 0.619. The molecule has 2 amide bonds. The number of rotatable bonds is 4. The van der Waals surface area contributed by atoms with E-state index >= 15 is 0 Å². The summed E-state index contributed by atoms with van der Waals surface area (Å²) in [5, 5.41) is 5.96. The summed E-state index contributed by atoms with van der Waals surface area (Å²) in [5.41, 5.74) is 2.61. The van der Waals surface area contributed by atoms with E-state index in [-0.39, 0.29) is 24.1 Å². The van der Waals surface area contributed by atoms with Gasteiger partial charge in [0.25, 0.3) is 0 Å². The van der Waals surface area contributed by atoms with E-state index in [2.05, 4.69) is 21.6 Å². The van der Waals surface area contributed by atoms with Crippen molar-refractivity contribution in [2.24, 2.45) is 0 Å². The second-order valence-electron chi connectivity index (χ2n) is 8.44. The summed E-state index contributed by atoms with van der Waals surface area (Å²) in [6, 6.07) is 5.89. The van der Waals surface area contributed by atoms with Gasteiger partial charge in [0.2, 0.25) is 5.91 Å². The molecule has 1 aromatic carbocycles. The molecule has 1 saturated heterocycles. The smallest absolute Gasteiger partial charge is 0.407 e. The molecule has 0 bridgehead atoms. The van der Waals surface area contributed by atoms with Gasteiger partial charge in [-0.05, 0) is 66.0 Å². The van der Waals surface area contributed by atoms with E-state index < -0.39 is 5.60 Å². The number of piperidine rings is 1. The second-order valence-corrected chi connectivity index (χ2v) is 8.44. The van der Waals surface area contributed by atoms with Gasteiger partial charge in [-0.15, -0.1) is 0 Å². The number of anilines is 1. The first kappa shape index (κ1) is 21.2. The first-order chi connectivity index (χ1) is 12.5. The standard InChI is InChI=1S/C21H33N3O3/c1-14-7-8-18(15(2)13-14)23-19(25)16(3)24-11-9-17(10-12-24)22-20(26)27-21(4,5)6/h7-8,13,16-17H,9-12H2,1-6H3,(H,22,26)(H,23,25). The van der Waals surface area contributed by atoms with E-state index in [0.717, 1.165) is 37.2 Å². The Morgan fingerprint density at radius 1 is 1.19 bits per heavy atom. The van der Waals surface area contributed by atoms with Crippen molar-refractivity contribution in [1.29, 1.82) is 0 Å². The number of benzene rings is 1. The summed E-state index contributed by atoms with van der Waals surface area (Å²) in [6.45, 7) is 13.1. The highest BCUT2D eigenvalue weighted by Crippen LogP contribution is 2.19. The minimum atomic E-state index is -0.495. The largest absolute Gasteiger partial charge is 0.444 e. The Hall–Kier alpha value is -2.08. The number of nitrogens with zero attached hydrogens (tertiary/aromatic N) is 1. The van der Waals surface area contributed by atoms with Crippen molar-refractivity contribution in [3.63, 3.8) is 0 Å². The minimum Gasteiger partial charge on any atom is -0.444 e. The molecule has 1 aliphatic rings. The van der Waals surface area contributed by atoms with Crippen LogP contribution in [0.25, 0.3) is 0 Å². The number of nitrogens with one attached hydrogen (secondary N) is 2. The van der Waals surface area contributed by atoms with Crippen molar-refractivity contribution in [2.75, 3.05) is 18.4 Å². The summed E-state index contributed by atoms with van der Waals surface area (Å²) in [5.74, 6) is 0.000467. The molecule has 1 fully saturated rings. The molecule has 6 nitrogen and oxygen atoms in total. The van der Waals surface area contributed by atoms with Crippen LogP contribution in [0.4, 0.5) is 10.5 Å². The maximum atomic E-state index is 12.6. The van der Waals surface area contributed by atoms with Gasteiger partial charge in [-0.3, -0.25) is 9.69 Å². The van der Waals surface area contributed by atoms with Gasteiger partial charge in [0.05, 0.1) is 6.04 Å². The van der Waals surface area contributed by atoms with E-state index in [1.807, 2.05) is 53.7 Å². The van der Waals surface area contributed by atoms with Crippen molar-refractivity contribution in [2.45, 2.75) is 72.1 Å². The lowest BCUT2D eigenvalue weighted by Gasteiger charge is -2.35. The van der Waals surface area contributed by atoms with Gasteiger partial charge in [0, 0.05) is 24.8 Å². The molecule has 0 aromatic heterocycles. The van der Waals surface area contributed by atoms with Crippen LogP contribution in [-0.2, 0) is 9.53 Å². The molecule has 27 heavy (non-hydrogen) atoms. The summed E-state index contributed by atoms with van der Waals surface area (Å²) < 4.78 is 5.31. The molecule has 1 atom stereocenters. The van der Waals surface area contributed by atoms with Crippen molar-refractivity contribution in [3.8, 4) is 0 Å². The highest BCUT2D eigenvalue weighted by atomic mass is 16.6. The molecule has 2 rings (SSSR count). The summed E-state index contributed by atoms with van der Waals surface area (Å²) in [4.78, 5) is 26.7. The lowest BCUT2D eigenvalue weighted by Crippen LogP contribution is -2.51. The Bertz CT molecular complexity index is 674. The van der Waals surface area contributed by atoms with Crippen molar-refractivity contribution in [1.82, 2.24) is 10.2 Å². The zero-order valence-corrected chi connectivity index (χ0v) is 17.4. The Morgan fingerprint density at radius 2 is 1.81 bits per heavy atom. The van der Waals surface area contributed by atoms with E-state index in [0.29, 0.717) is 0 Å². The number of carbonyl (C=O) groups is 2. The van der Waals surface area contributed by atoms with Crippen LogP contribution in [0.1, 0.15) is 51.7 Å². The molecular formula is C21H33N3O3. The van der Waals surface area contributed by atoms with E-state index in [1.54, 1.807) is 0 Å². The average Bonchev–Trinajstić information content (AvgIpc) is 2.55. The lowest BCUT2D eigenvalue weighted by molar-refractivity contribution is -0.121. The molecule has 6 heteroatoms. The summed E-state index contributed by atoms with van der Waals surface area (Å²) >= 11 is 0. The second kappa shape index (κ2) is 8.74. The lowest BCUT2D eigenvalue weighted by atomic mass is 10.0. The van der Waals surface area contributed by atoms with Crippen LogP contribution < -0.4 is 10.6 Å². The first-order valence-electron chi connectivity index (χ1n) is 9.67. The van der Waals surface area contributed by atoms with Crippen LogP contribution in [0.2, 0.25) is 0 Å². The molecular weight excluding hydrogens is 342 g/mol. The Kier molecular flexibility index (Phi) is 6.87. The number of alkyl carbamates (subject to hydrolysis) is 1. The highest BCUT2D eigenvalue weighted by Gasteiger charge is 2.28. The topological polar surface area (TPSA) is 70.7 Å². The molecule has 0 radical (unpaired) electrons. The summed E-state index contributed by atoms with van der Waals surface area (Å²) in [7, 11) is 0.